The Labute approximate surface area is 226 Å². The molecule has 0 spiro atoms. The molecule has 6 N–H and O–H groups in total. The van der Waals surface area contributed by atoms with Crippen molar-refractivity contribution in [1.29, 1.82) is 0 Å². The Morgan fingerprint density at radius 3 is 2.59 bits per heavy atom. The number of aromatic nitrogens is 2. The van der Waals surface area contributed by atoms with E-state index >= 15 is 0 Å². The first-order valence-electron chi connectivity index (χ1n) is 12.6. The van der Waals surface area contributed by atoms with Crippen LogP contribution < -0.4 is 31.2 Å². The van der Waals surface area contributed by atoms with Gasteiger partial charge in [0, 0.05) is 74.7 Å². The lowest BCUT2D eigenvalue weighted by molar-refractivity contribution is -0.130. The SMILES string of the molecule is COc1cc(NC(=O)NCCO)cc(Nc2nccc(-c3ccc(OC4CCN(C(C)=O)CC4)c(N)c3)n2)c1. The van der Waals surface area contributed by atoms with E-state index in [0.29, 0.717) is 53.3 Å². The molecular weight excluding hydrogens is 502 g/mol. The molecule has 39 heavy (non-hydrogen) atoms. The van der Waals surface area contributed by atoms with Gasteiger partial charge in [-0.3, -0.25) is 4.79 Å². The number of nitrogens with zero attached hydrogens (tertiary/aromatic N) is 3. The normalized spacial score (nSPS) is 13.5. The second-order valence-electron chi connectivity index (χ2n) is 9.02. The van der Waals surface area contributed by atoms with Gasteiger partial charge in [-0.15, -0.1) is 0 Å². The Balaban J connectivity index is 1.45. The van der Waals surface area contributed by atoms with E-state index < -0.39 is 6.03 Å². The van der Waals surface area contributed by atoms with E-state index in [1.54, 1.807) is 37.4 Å². The van der Waals surface area contributed by atoms with Crippen LogP contribution >= 0.6 is 0 Å². The van der Waals surface area contributed by atoms with E-state index in [4.69, 9.17) is 20.3 Å². The summed E-state index contributed by atoms with van der Waals surface area (Å²) in [6, 6.07) is 12.0. The zero-order valence-electron chi connectivity index (χ0n) is 21.9. The van der Waals surface area contributed by atoms with Gasteiger partial charge in [-0.05, 0) is 30.3 Å². The van der Waals surface area contributed by atoms with Crippen molar-refractivity contribution in [2.24, 2.45) is 0 Å². The average molecular weight is 536 g/mol. The predicted octanol–water partition coefficient (Wildman–Crippen LogP) is 2.98. The number of nitrogen functional groups attached to an aromatic ring is 1. The molecule has 1 aliphatic heterocycles. The van der Waals surface area contributed by atoms with E-state index in [1.165, 1.54) is 7.11 Å². The molecule has 2 aromatic carbocycles. The molecule has 0 unspecified atom stereocenters. The van der Waals surface area contributed by atoms with Crippen LogP contribution in [-0.2, 0) is 4.79 Å². The minimum atomic E-state index is -0.451. The van der Waals surface area contributed by atoms with Crippen molar-refractivity contribution in [3.8, 4) is 22.8 Å². The number of hydrogen-bond donors (Lipinski definition) is 5. The van der Waals surface area contributed by atoms with Gasteiger partial charge in [0.15, 0.2) is 0 Å². The Morgan fingerprint density at radius 2 is 1.90 bits per heavy atom. The van der Waals surface area contributed by atoms with Gasteiger partial charge in [0.05, 0.1) is 25.1 Å². The number of nitrogens with one attached hydrogen (secondary N) is 3. The number of carbonyl (C=O) groups is 2. The molecule has 0 radical (unpaired) electrons. The van der Waals surface area contributed by atoms with Crippen molar-refractivity contribution in [3.05, 3.63) is 48.7 Å². The number of ether oxygens (including phenoxy) is 2. The number of rotatable bonds is 9. The molecule has 1 aliphatic rings. The van der Waals surface area contributed by atoms with Gasteiger partial charge in [-0.25, -0.2) is 14.8 Å². The highest BCUT2D eigenvalue weighted by Gasteiger charge is 2.22. The second-order valence-corrected chi connectivity index (χ2v) is 9.02. The molecule has 12 nitrogen and oxygen atoms in total. The summed E-state index contributed by atoms with van der Waals surface area (Å²) in [6.07, 6.45) is 3.16. The average Bonchev–Trinajstić information content (AvgIpc) is 2.93. The van der Waals surface area contributed by atoms with Crippen molar-refractivity contribution in [1.82, 2.24) is 20.2 Å². The fourth-order valence-electron chi connectivity index (χ4n) is 4.20. The predicted molar refractivity (Wildman–Crippen MR) is 148 cm³/mol. The van der Waals surface area contributed by atoms with Crippen LogP contribution in [0, 0.1) is 0 Å². The monoisotopic (exact) mass is 535 g/mol. The molecule has 1 saturated heterocycles. The summed E-state index contributed by atoms with van der Waals surface area (Å²) in [4.78, 5) is 34.3. The molecule has 3 amide bonds. The smallest absolute Gasteiger partial charge is 0.319 e. The summed E-state index contributed by atoms with van der Waals surface area (Å²) >= 11 is 0. The lowest BCUT2D eigenvalue weighted by atomic mass is 10.1. The minimum absolute atomic E-state index is 0.00611. The number of urea groups is 1. The largest absolute Gasteiger partial charge is 0.497 e. The van der Waals surface area contributed by atoms with E-state index in [-0.39, 0.29) is 25.2 Å². The maximum absolute atomic E-state index is 12.0. The third-order valence-electron chi connectivity index (χ3n) is 6.20. The molecule has 0 saturated carbocycles. The highest BCUT2D eigenvalue weighted by molar-refractivity contribution is 5.90. The van der Waals surface area contributed by atoms with Crippen LogP contribution in [0.4, 0.5) is 27.8 Å². The number of amides is 3. The van der Waals surface area contributed by atoms with Gasteiger partial charge in [-0.2, -0.15) is 0 Å². The van der Waals surface area contributed by atoms with Gasteiger partial charge in [-0.1, -0.05) is 0 Å². The Hall–Kier alpha value is -4.58. The maximum atomic E-state index is 12.0. The van der Waals surface area contributed by atoms with Gasteiger partial charge in [0.25, 0.3) is 0 Å². The van der Waals surface area contributed by atoms with E-state index in [9.17, 15) is 9.59 Å². The number of aliphatic hydroxyl groups excluding tert-OH is 1. The summed E-state index contributed by atoms with van der Waals surface area (Å²) in [5, 5.41) is 17.3. The van der Waals surface area contributed by atoms with Crippen LogP contribution in [0.1, 0.15) is 19.8 Å². The quantitative estimate of drug-likeness (QED) is 0.259. The fourth-order valence-corrected chi connectivity index (χ4v) is 4.20. The zero-order chi connectivity index (χ0) is 27.8. The number of anilines is 4. The molecule has 0 bridgehead atoms. The Morgan fingerprint density at radius 1 is 1.13 bits per heavy atom. The van der Waals surface area contributed by atoms with Gasteiger partial charge in [0.2, 0.25) is 11.9 Å². The van der Waals surface area contributed by atoms with Crippen molar-refractivity contribution in [2.75, 3.05) is 49.7 Å². The molecular formula is C27H33N7O5. The molecule has 0 aliphatic carbocycles. The summed E-state index contributed by atoms with van der Waals surface area (Å²) < 4.78 is 11.5. The summed E-state index contributed by atoms with van der Waals surface area (Å²) in [7, 11) is 1.53. The molecule has 2 heterocycles. The van der Waals surface area contributed by atoms with Crippen molar-refractivity contribution in [2.45, 2.75) is 25.9 Å². The third-order valence-corrected chi connectivity index (χ3v) is 6.20. The fraction of sp³-hybridized carbons (Fsp3) is 0.333. The highest BCUT2D eigenvalue weighted by atomic mass is 16.5. The summed E-state index contributed by atoms with van der Waals surface area (Å²) in [5.41, 5.74) is 9.35. The number of hydrogen-bond acceptors (Lipinski definition) is 9. The van der Waals surface area contributed by atoms with Crippen LogP contribution in [0.3, 0.4) is 0 Å². The maximum Gasteiger partial charge on any atom is 0.319 e. The lowest BCUT2D eigenvalue weighted by Gasteiger charge is -2.31. The molecule has 1 aromatic heterocycles. The zero-order valence-corrected chi connectivity index (χ0v) is 21.9. The number of aliphatic hydroxyl groups is 1. The first kappa shape index (κ1) is 27.5. The van der Waals surface area contributed by atoms with Crippen LogP contribution in [0.5, 0.6) is 11.5 Å². The number of carbonyl (C=O) groups excluding carboxylic acids is 2. The number of nitrogens with two attached hydrogens (primary N) is 1. The van der Waals surface area contributed by atoms with Crippen LogP contribution in [0.2, 0.25) is 0 Å². The first-order valence-corrected chi connectivity index (χ1v) is 12.6. The second kappa shape index (κ2) is 12.8. The molecule has 0 atom stereocenters. The van der Waals surface area contributed by atoms with Crippen LogP contribution in [0.15, 0.2) is 48.7 Å². The molecule has 4 rings (SSSR count). The van der Waals surface area contributed by atoms with Crippen LogP contribution in [0.25, 0.3) is 11.3 Å². The van der Waals surface area contributed by atoms with E-state index in [0.717, 1.165) is 18.4 Å². The van der Waals surface area contributed by atoms with E-state index in [1.807, 2.05) is 23.1 Å². The standard InChI is InChI=1S/C27H33N7O5/c1-17(36)34-10-6-21(7-11-34)39-25-4-3-18(13-23(25)28)24-5-8-29-26(33-24)31-19-14-20(16-22(15-19)38-2)32-27(37)30-9-12-35/h3-5,8,13-16,21,35H,6-7,9-12,28H2,1-2H3,(H,29,31,33)(H2,30,32,37). The molecule has 1 fully saturated rings. The van der Waals surface area contributed by atoms with Gasteiger partial charge < -0.3 is 41.2 Å². The van der Waals surface area contributed by atoms with Gasteiger partial charge in [0.1, 0.15) is 17.6 Å². The first-order chi connectivity index (χ1) is 18.8. The van der Waals surface area contributed by atoms with Crippen LogP contribution in [-0.4, -0.2) is 71.4 Å². The molecule has 12 heteroatoms. The Bertz CT molecular complexity index is 1310. The molecule has 3 aromatic rings. The number of piperidine rings is 1. The lowest BCUT2D eigenvalue weighted by Crippen LogP contribution is -2.40. The number of methoxy groups -OCH3 is 1. The summed E-state index contributed by atoms with van der Waals surface area (Å²) in [6.45, 7) is 2.92. The van der Waals surface area contributed by atoms with Gasteiger partial charge >= 0.3 is 6.03 Å². The molecule has 206 valence electrons. The number of likely N-dealkylation sites (tertiary alicyclic amines) is 1. The Kier molecular flexibility index (Phi) is 9.00. The third kappa shape index (κ3) is 7.48. The topological polar surface area (TPSA) is 164 Å². The van der Waals surface area contributed by atoms with Crippen molar-refractivity contribution >= 4 is 34.9 Å². The summed E-state index contributed by atoms with van der Waals surface area (Å²) in [5.74, 6) is 1.55. The van der Waals surface area contributed by atoms with Crippen molar-refractivity contribution < 1.29 is 24.2 Å². The highest BCUT2D eigenvalue weighted by Crippen LogP contribution is 2.31. The van der Waals surface area contributed by atoms with Crippen molar-refractivity contribution in [3.63, 3.8) is 0 Å². The number of benzene rings is 2. The minimum Gasteiger partial charge on any atom is -0.497 e. The van der Waals surface area contributed by atoms with E-state index in [2.05, 4.69) is 25.9 Å².